The Balaban J connectivity index is 2.53. The number of aromatic nitrogens is 2. The molecule has 0 radical (unpaired) electrons. The Morgan fingerprint density at radius 3 is 2.37 bits per heavy atom. The molecule has 0 saturated heterocycles. The van der Waals surface area contributed by atoms with Crippen LogP contribution >= 0.6 is 0 Å². The number of hydrogen-bond acceptors (Lipinski definition) is 4. The second kappa shape index (κ2) is 7.10. The molecule has 0 aliphatic rings. The number of hydrogen-bond donors (Lipinski definition) is 2. The molecule has 0 aliphatic carbocycles. The van der Waals surface area contributed by atoms with Gasteiger partial charge in [0.2, 0.25) is 11.8 Å². The van der Waals surface area contributed by atoms with Crippen molar-refractivity contribution in [2.45, 2.75) is 24.8 Å². The van der Waals surface area contributed by atoms with Crippen LogP contribution in [-0.2, 0) is 24.2 Å². The third-order valence-electron chi connectivity index (χ3n) is 3.47. The number of ether oxygens (including phenoxy) is 1. The monoisotopic (exact) mass is 396 g/mol. The number of rotatable bonds is 5. The van der Waals surface area contributed by atoms with E-state index in [4.69, 9.17) is 16.2 Å². The summed E-state index contributed by atoms with van der Waals surface area (Å²) < 4.78 is 84.1. The zero-order valence-electron chi connectivity index (χ0n) is 13.7. The van der Waals surface area contributed by atoms with Crippen LogP contribution in [0.4, 0.5) is 26.3 Å². The van der Waals surface area contributed by atoms with Gasteiger partial charge in [-0.15, -0.1) is 0 Å². The number of carbonyl (C=O) groups is 1. The van der Waals surface area contributed by atoms with Crippen LogP contribution in [0.25, 0.3) is 0 Å². The minimum Gasteiger partial charge on any atom is -0.439 e. The van der Waals surface area contributed by atoms with Crippen LogP contribution in [0.3, 0.4) is 0 Å². The molecule has 27 heavy (non-hydrogen) atoms. The fraction of sp³-hybridized carbons (Fsp3) is 0.333. The average molecular weight is 396 g/mol. The van der Waals surface area contributed by atoms with E-state index in [1.165, 1.54) is 0 Å². The number of primary amides is 1. The lowest BCUT2D eigenvalue weighted by Gasteiger charge is -2.15. The predicted molar refractivity (Wildman–Crippen MR) is 80.5 cm³/mol. The molecule has 12 heteroatoms. The van der Waals surface area contributed by atoms with Crippen LogP contribution in [0.2, 0.25) is 0 Å². The van der Waals surface area contributed by atoms with Crippen LogP contribution in [0.15, 0.2) is 24.3 Å². The normalized spacial score (nSPS) is 13.5. The molecule has 1 aromatic heterocycles. The van der Waals surface area contributed by atoms with Gasteiger partial charge in [0.15, 0.2) is 5.69 Å². The highest BCUT2D eigenvalue weighted by Gasteiger charge is 2.41. The predicted octanol–water partition coefficient (Wildman–Crippen LogP) is 3.13. The minimum absolute atomic E-state index is 0.380. The van der Waals surface area contributed by atoms with Gasteiger partial charge in [-0.2, -0.15) is 31.4 Å². The minimum atomic E-state index is -4.93. The molecular weight excluding hydrogens is 382 g/mol. The van der Waals surface area contributed by atoms with Crippen molar-refractivity contribution < 1.29 is 35.9 Å². The molecule has 0 aliphatic heterocycles. The Morgan fingerprint density at radius 2 is 1.85 bits per heavy atom. The summed E-state index contributed by atoms with van der Waals surface area (Å²) in [7, 11) is 1.10. The zero-order chi connectivity index (χ0) is 20.6. The Kier molecular flexibility index (Phi) is 5.40. The first-order valence-corrected chi connectivity index (χ1v) is 7.33. The second-order valence-corrected chi connectivity index (χ2v) is 5.59. The van der Waals surface area contributed by atoms with E-state index in [1.807, 2.05) is 0 Å². The highest BCUT2D eigenvalue weighted by atomic mass is 19.4. The highest BCUT2D eigenvalue weighted by Crippen LogP contribution is 2.41. The second-order valence-electron chi connectivity index (χ2n) is 5.59. The van der Waals surface area contributed by atoms with Gasteiger partial charge in [-0.1, -0.05) is 6.07 Å². The smallest absolute Gasteiger partial charge is 0.435 e. The van der Waals surface area contributed by atoms with E-state index in [-0.39, 0.29) is 5.75 Å². The van der Waals surface area contributed by atoms with E-state index >= 15 is 0 Å². The Morgan fingerprint density at radius 1 is 1.22 bits per heavy atom. The summed E-state index contributed by atoms with van der Waals surface area (Å²) in [6.07, 6.45) is -10.3. The number of benzene rings is 1. The van der Waals surface area contributed by atoms with Gasteiger partial charge in [0, 0.05) is 19.5 Å². The van der Waals surface area contributed by atoms with Crippen molar-refractivity contribution in [1.82, 2.24) is 9.78 Å². The topological polar surface area (TPSA) is 96.2 Å². The Bertz CT molecular complexity index is 844. The van der Waals surface area contributed by atoms with E-state index < -0.39 is 53.4 Å². The summed E-state index contributed by atoms with van der Waals surface area (Å²) >= 11 is 0. The molecule has 0 fully saturated rings. The molecule has 1 aromatic carbocycles. The summed E-state index contributed by atoms with van der Waals surface area (Å²) in [5.41, 5.74) is 7.47. The van der Waals surface area contributed by atoms with Gasteiger partial charge in [-0.3, -0.25) is 4.79 Å². The molecule has 0 spiro atoms. The quantitative estimate of drug-likeness (QED) is 0.759. The first-order valence-electron chi connectivity index (χ1n) is 7.33. The van der Waals surface area contributed by atoms with Crippen LogP contribution in [0, 0.1) is 0 Å². The summed E-state index contributed by atoms with van der Waals surface area (Å²) in [5.74, 6) is -1.89. The number of aryl methyl sites for hydroxylation is 1. The Hall–Kier alpha value is -2.76. The van der Waals surface area contributed by atoms with Crippen LogP contribution in [-0.4, -0.2) is 15.7 Å². The van der Waals surface area contributed by atoms with E-state index in [2.05, 4.69) is 5.10 Å². The largest absolute Gasteiger partial charge is 0.439 e. The third kappa shape index (κ3) is 4.70. The molecule has 4 N–H and O–H groups in total. The molecule has 1 amide bonds. The molecule has 6 nitrogen and oxygen atoms in total. The van der Waals surface area contributed by atoms with Crippen LogP contribution < -0.4 is 16.2 Å². The van der Waals surface area contributed by atoms with Gasteiger partial charge >= 0.3 is 12.4 Å². The van der Waals surface area contributed by atoms with Crippen LogP contribution in [0.5, 0.6) is 11.6 Å². The number of halogens is 6. The van der Waals surface area contributed by atoms with Gasteiger partial charge in [0.25, 0.3) is 0 Å². The maximum Gasteiger partial charge on any atom is 0.435 e. The van der Waals surface area contributed by atoms with Gasteiger partial charge < -0.3 is 16.2 Å². The fourth-order valence-electron chi connectivity index (χ4n) is 2.36. The van der Waals surface area contributed by atoms with E-state index in [1.54, 1.807) is 0 Å². The van der Waals surface area contributed by atoms with Gasteiger partial charge in [-0.25, -0.2) is 4.68 Å². The molecule has 0 bridgehead atoms. The number of nitrogens with zero attached hydrogens (tertiary/aromatic N) is 2. The van der Waals surface area contributed by atoms with Gasteiger partial charge in [-0.05, 0) is 18.2 Å². The summed E-state index contributed by atoms with van der Waals surface area (Å²) in [6, 6.07) is 2.02. The van der Waals surface area contributed by atoms with Gasteiger partial charge in [0.1, 0.15) is 5.75 Å². The zero-order valence-corrected chi connectivity index (χ0v) is 13.7. The standard InChI is InChI=1S/C15H14F6N4O2/c1-25-13(27-8-4-2-3-7(5-8)14(16,17)18)11(9(22)6-10(23)26)12(24-25)15(19,20)21/h2-5,9H,6,22H2,1H3,(H2,23,26). The Labute approximate surface area is 148 Å². The van der Waals surface area contributed by atoms with Crippen molar-refractivity contribution in [3.05, 3.63) is 41.1 Å². The molecule has 1 heterocycles. The third-order valence-corrected chi connectivity index (χ3v) is 3.47. The first kappa shape index (κ1) is 20.6. The maximum absolute atomic E-state index is 13.2. The molecule has 2 rings (SSSR count). The summed E-state index contributed by atoms with van der Waals surface area (Å²) in [5, 5.41) is 3.29. The SMILES string of the molecule is Cn1nc(C(F)(F)F)c(C(N)CC(N)=O)c1Oc1cccc(C(F)(F)F)c1. The van der Waals surface area contributed by atoms with Crippen molar-refractivity contribution in [3.63, 3.8) is 0 Å². The summed E-state index contributed by atoms with van der Waals surface area (Å²) in [4.78, 5) is 11.0. The highest BCUT2D eigenvalue weighted by molar-refractivity contribution is 5.75. The van der Waals surface area contributed by atoms with Crippen molar-refractivity contribution in [2.24, 2.45) is 18.5 Å². The first-order chi connectivity index (χ1) is 12.3. The average Bonchev–Trinajstić information content (AvgIpc) is 2.83. The van der Waals surface area contributed by atoms with Crippen molar-refractivity contribution in [2.75, 3.05) is 0 Å². The lowest BCUT2D eigenvalue weighted by Crippen LogP contribution is -2.23. The van der Waals surface area contributed by atoms with Gasteiger partial charge in [0.05, 0.1) is 11.1 Å². The van der Waals surface area contributed by atoms with Crippen molar-refractivity contribution >= 4 is 5.91 Å². The lowest BCUT2D eigenvalue weighted by molar-refractivity contribution is -0.142. The number of carbonyl (C=O) groups excluding carboxylic acids is 1. The molecule has 0 saturated carbocycles. The molecule has 1 atom stereocenters. The van der Waals surface area contributed by atoms with E-state index in [9.17, 15) is 31.1 Å². The molecule has 148 valence electrons. The lowest BCUT2D eigenvalue weighted by atomic mass is 10.0. The van der Waals surface area contributed by atoms with E-state index in [0.717, 1.165) is 25.2 Å². The number of amides is 1. The maximum atomic E-state index is 13.2. The molecule has 1 unspecified atom stereocenters. The van der Waals surface area contributed by atoms with Crippen LogP contribution in [0.1, 0.15) is 29.3 Å². The molecule has 2 aromatic rings. The number of alkyl halides is 6. The summed E-state index contributed by atoms with van der Waals surface area (Å²) in [6.45, 7) is 0. The molecular formula is C15H14F6N4O2. The number of nitrogens with two attached hydrogens (primary N) is 2. The van der Waals surface area contributed by atoms with E-state index in [0.29, 0.717) is 10.7 Å². The van der Waals surface area contributed by atoms with Crippen molar-refractivity contribution in [3.8, 4) is 11.6 Å². The fourth-order valence-corrected chi connectivity index (χ4v) is 2.36. The van der Waals surface area contributed by atoms with Crippen molar-refractivity contribution in [1.29, 1.82) is 0 Å².